The molecule has 0 aliphatic carbocycles. The number of nitrogens with zero attached hydrogens (tertiary/aromatic N) is 4. The van der Waals surface area contributed by atoms with Crippen LogP contribution in [-0.2, 0) is 13.2 Å². The Kier molecular flexibility index (Phi) is 5.50. The number of likely N-dealkylation sites (tertiary alicyclic amines) is 1. The van der Waals surface area contributed by atoms with Gasteiger partial charge in [0.15, 0.2) is 10.6 Å². The van der Waals surface area contributed by atoms with E-state index < -0.39 is 0 Å². The molecule has 0 unspecified atom stereocenters. The monoisotopic (exact) mass is 364 g/mol. The summed E-state index contributed by atoms with van der Waals surface area (Å²) in [4.78, 5) is 2.18. The summed E-state index contributed by atoms with van der Waals surface area (Å²) in [6.07, 6.45) is 3.40. The summed E-state index contributed by atoms with van der Waals surface area (Å²) in [6, 6.07) is 7.57. The quantitative estimate of drug-likeness (QED) is 0.653. The van der Waals surface area contributed by atoms with Crippen molar-refractivity contribution in [2.75, 3.05) is 13.1 Å². The number of allylic oxidation sites excluding steroid dienone is 1. The highest BCUT2D eigenvalue weighted by molar-refractivity contribution is 7.71. The summed E-state index contributed by atoms with van der Waals surface area (Å²) in [5.74, 6) is 0.800. The van der Waals surface area contributed by atoms with Crippen molar-refractivity contribution < 1.29 is 5.11 Å². The van der Waals surface area contributed by atoms with E-state index in [1.54, 1.807) is 0 Å². The number of β-amino-alcohol motifs (C(OH)–C–C–N with tert-alkyl or cyclic N) is 1. The van der Waals surface area contributed by atoms with Crippen molar-refractivity contribution >= 4 is 23.8 Å². The van der Waals surface area contributed by atoms with Crippen molar-refractivity contribution in [1.82, 2.24) is 19.2 Å². The van der Waals surface area contributed by atoms with Gasteiger partial charge in [0.2, 0.25) is 0 Å². The van der Waals surface area contributed by atoms with Gasteiger partial charge in [0.05, 0.1) is 12.8 Å². The molecule has 5 nitrogen and oxygen atoms in total. The zero-order valence-corrected chi connectivity index (χ0v) is 15.0. The molecule has 24 heavy (non-hydrogen) atoms. The minimum Gasteiger partial charge on any atom is -0.392 e. The predicted molar refractivity (Wildman–Crippen MR) is 98.5 cm³/mol. The number of rotatable bonds is 5. The lowest BCUT2D eigenvalue weighted by Crippen LogP contribution is -2.39. The third kappa shape index (κ3) is 3.78. The summed E-state index contributed by atoms with van der Waals surface area (Å²) < 4.78 is 4.44. The highest BCUT2D eigenvalue weighted by Crippen LogP contribution is 2.21. The first-order valence-corrected chi connectivity index (χ1v) is 8.82. The SMILES string of the molecule is C=CCn1c(-c2ccc(Cl)cc2)nn(CN2CCC[C@H](O)C2)c1=S. The Morgan fingerprint density at radius 1 is 1.38 bits per heavy atom. The van der Waals surface area contributed by atoms with Gasteiger partial charge in [-0.2, -0.15) is 5.10 Å². The summed E-state index contributed by atoms with van der Waals surface area (Å²) in [7, 11) is 0. The fourth-order valence-electron chi connectivity index (χ4n) is 2.99. The van der Waals surface area contributed by atoms with Crippen LogP contribution in [0, 0.1) is 4.77 Å². The number of aromatic nitrogens is 3. The Morgan fingerprint density at radius 2 is 2.12 bits per heavy atom. The summed E-state index contributed by atoms with van der Waals surface area (Å²) in [5.41, 5.74) is 0.963. The van der Waals surface area contributed by atoms with Crippen LogP contribution in [0.15, 0.2) is 36.9 Å². The van der Waals surface area contributed by atoms with Gasteiger partial charge in [-0.15, -0.1) is 6.58 Å². The Bertz CT molecular complexity index is 768. The first-order valence-electron chi connectivity index (χ1n) is 8.03. The summed E-state index contributed by atoms with van der Waals surface area (Å²) >= 11 is 11.6. The van der Waals surface area contributed by atoms with Crippen LogP contribution in [0.3, 0.4) is 0 Å². The van der Waals surface area contributed by atoms with Gasteiger partial charge in [0.1, 0.15) is 0 Å². The van der Waals surface area contributed by atoms with Gasteiger partial charge in [-0.25, -0.2) is 4.68 Å². The first kappa shape index (κ1) is 17.4. The van der Waals surface area contributed by atoms with E-state index in [4.69, 9.17) is 28.9 Å². The van der Waals surface area contributed by atoms with Crippen molar-refractivity contribution in [3.63, 3.8) is 0 Å². The van der Waals surface area contributed by atoms with Crippen LogP contribution in [0.5, 0.6) is 0 Å². The second-order valence-corrected chi connectivity index (χ2v) is 6.83. The van der Waals surface area contributed by atoms with Crippen LogP contribution in [0.1, 0.15) is 12.8 Å². The summed E-state index contributed by atoms with van der Waals surface area (Å²) in [5, 5.41) is 15.2. The van der Waals surface area contributed by atoms with Crippen LogP contribution in [0.2, 0.25) is 5.02 Å². The average Bonchev–Trinajstić information content (AvgIpc) is 2.86. The largest absolute Gasteiger partial charge is 0.392 e. The maximum Gasteiger partial charge on any atom is 0.199 e. The lowest BCUT2D eigenvalue weighted by Gasteiger charge is -2.29. The number of aliphatic hydroxyl groups excluding tert-OH is 1. The van der Waals surface area contributed by atoms with Crippen LogP contribution in [0.25, 0.3) is 11.4 Å². The molecule has 0 amide bonds. The third-order valence-electron chi connectivity index (χ3n) is 4.15. The topological polar surface area (TPSA) is 46.2 Å². The van der Waals surface area contributed by atoms with Gasteiger partial charge < -0.3 is 5.11 Å². The Hall–Kier alpha value is -1.47. The fourth-order valence-corrected chi connectivity index (χ4v) is 3.37. The van der Waals surface area contributed by atoms with E-state index in [1.165, 1.54) is 0 Å². The molecule has 1 aliphatic rings. The minimum atomic E-state index is -0.265. The van der Waals surface area contributed by atoms with Gasteiger partial charge in [0, 0.05) is 30.2 Å². The van der Waals surface area contributed by atoms with E-state index in [0.717, 1.165) is 30.8 Å². The Labute approximate surface area is 151 Å². The van der Waals surface area contributed by atoms with E-state index >= 15 is 0 Å². The second kappa shape index (κ2) is 7.61. The molecule has 1 fully saturated rings. The second-order valence-electron chi connectivity index (χ2n) is 6.03. The number of hydrogen-bond acceptors (Lipinski definition) is 4. The highest BCUT2D eigenvalue weighted by Gasteiger charge is 2.20. The van der Waals surface area contributed by atoms with Crippen LogP contribution < -0.4 is 0 Å². The first-order chi connectivity index (χ1) is 11.6. The van der Waals surface area contributed by atoms with Crippen LogP contribution >= 0.6 is 23.8 Å². The van der Waals surface area contributed by atoms with Crippen molar-refractivity contribution in [1.29, 1.82) is 0 Å². The van der Waals surface area contributed by atoms with Gasteiger partial charge in [-0.05, 0) is 49.3 Å². The molecular weight excluding hydrogens is 344 g/mol. The molecule has 1 atom stereocenters. The maximum absolute atomic E-state index is 9.85. The van der Waals surface area contributed by atoms with E-state index in [9.17, 15) is 5.11 Å². The van der Waals surface area contributed by atoms with Gasteiger partial charge in [-0.3, -0.25) is 9.47 Å². The van der Waals surface area contributed by atoms with Gasteiger partial charge >= 0.3 is 0 Å². The molecule has 7 heteroatoms. The molecule has 1 N–H and O–H groups in total. The molecule has 0 spiro atoms. The minimum absolute atomic E-state index is 0.265. The standard InChI is InChI=1S/C17H21ClN4OS/c1-2-9-21-16(13-5-7-14(18)8-6-13)19-22(17(21)24)12-20-10-3-4-15(23)11-20/h2,5-8,15,23H,1,3-4,9-12H2/t15-/m0/s1. The molecule has 128 valence electrons. The number of aliphatic hydroxyl groups is 1. The van der Waals surface area contributed by atoms with Gasteiger partial charge in [0.25, 0.3) is 0 Å². The number of piperidine rings is 1. The molecule has 1 aromatic heterocycles. The molecule has 0 saturated carbocycles. The Balaban J connectivity index is 1.93. The van der Waals surface area contributed by atoms with Crippen molar-refractivity contribution in [3.8, 4) is 11.4 Å². The number of halogens is 1. The Morgan fingerprint density at radius 3 is 2.79 bits per heavy atom. The molecule has 1 saturated heterocycles. The normalized spacial score (nSPS) is 18.7. The van der Waals surface area contributed by atoms with E-state index in [-0.39, 0.29) is 6.10 Å². The lowest BCUT2D eigenvalue weighted by atomic mass is 10.1. The summed E-state index contributed by atoms with van der Waals surface area (Å²) in [6.45, 7) is 6.60. The van der Waals surface area contributed by atoms with Crippen molar-refractivity contribution in [3.05, 3.63) is 46.7 Å². The molecule has 1 aromatic carbocycles. The van der Waals surface area contributed by atoms with Crippen LogP contribution in [-0.4, -0.2) is 43.5 Å². The smallest absolute Gasteiger partial charge is 0.199 e. The van der Waals surface area contributed by atoms with E-state index in [2.05, 4.69) is 11.5 Å². The van der Waals surface area contributed by atoms with Gasteiger partial charge in [-0.1, -0.05) is 17.7 Å². The van der Waals surface area contributed by atoms with Crippen molar-refractivity contribution in [2.24, 2.45) is 0 Å². The molecule has 2 heterocycles. The molecule has 1 aliphatic heterocycles. The zero-order valence-electron chi connectivity index (χ0n) is 13.4. The predicted octanol–water partition coefficient (Wildman–Crippen LogP) is 3.33. The number of benzene rings is 1. The fraction of sp³-hybridized carbons (Fsp3) is 0.412. The average molecular weight is 365 g/mol. The molecule has 3 rings (SSSR count). The molecule has 0 bridgehead atoms. The number of hydrogen-bond donors (Lipinski definition) is 1. The lowest BCUT2D eigenvalue weighted by molar-refractivity contribution is 0.0513. The van der Waals surface area contributed by atoms with E-state index in [0.29, 0.717) is 29.6 Å². The molecular formula is C17H21ClN4OS. The molecule has 2 aromatic rings. The zero-order chi connectivity index (χ0) is 17.1. The molecule has 0 radical (unpaired) electrons. The van der Waals surface area contributed by atoms with Crippen molar-refractivity contribution in [2.45, 2.75) is 32.2 Å². The third-order valence-corrected chi connectivity index (χ3v) is 4.83. The maximum atomic E-state index is 9.85. The van der Waals surface area contributed by atoms with Crippen LogP contribution in [0.4, 0.5) is 0 Å². The highest BCUT2D eigenvalue weighted by atomic mass is 35.5. The van der Waals surface area contributed by atoms with E-state index in [1.807, 2.05) is 39.6 Å².